The second kappa shape index (κ2) is 3.16. The third-order valence-corrected chi connectivity index (χ3v) is 5.29. The molecule has 2 amide bonds. The molecular formula is C12H12N2O2S. The average molecular weight is 248 g/mol. The van der Waals surface area contributed by atoms with Gasteiger partial charge in [0.15, 0.2) is 5.13 Å². The van der Waals surface area contributed by atoms with Gasteiger partial charge < -0.3 is 0 Å². The van der Waals surface area contributed by atoms with E-state index in [9.17, 15) is 9.59 Å². The van der Waals surface area contributed by atoms with E-state index in [4.69, 9.17) is 0 Å². The van der Waals surface area contributed by atoms with Gasteiger partial charge in [0.1, 0.15) is 0 Å². The average Bonchev–Trinajstić information content (AvgIpc) is 3.03. The molecule has 5 heteroatoms. The van der Waals surface area contributed by atoms with Crippen molar-refractivity contribution in [2.45, 2.75) is 19.3 Å². The fourth-order valence-corrected chi connectivity index (χ4v) is 4.57. The molecule has 2 bridgehead atoms. The SMILES string of the molecule is O=C1[C@@H]2[C@H]3CC[C@@H](C3)[C@@H]2C(=O)N1c1nccs1. The van der Waals surface area contributed by atoms with Crippen molar-refractivity contribution in [3.8, 4) is 0 Å². The topological polar surface area (TPSA) is 50.3 Å². The minimum Gasteiger partial charge on any atom is -0.274 e. The fourth-order valence-electron chi connectivity index (χ4n) is 3.92. The Morgan fingerprint density at radius 2 is 1.82 bits per heavy atom. The molecule has 17 heavy (non-hydrogen) atoms. The summed E-state index contributed by atoms with van der Waals surface area (Å²) in [6.45, 7) is 0. The van der Waals surface area contributed by atoms with Gasteiger partial charge in [-0.25, -0.2) is 9.88 Å². The Hall–Kier alpha value is -1.23. The molecule has 2 saturated carbocycles. The van der Waals surface area contributed by atoms with Gasteiger partial charge in [0.05, 0.1) is 11.8 Å². The summed E-state index contributed by atoms with van der Waals surface area (Å²) >= 11 is 1.36. The largest absolute Gasteiger partial charge is 0.274 e. The Labute approximate surface area is 103 Å². The molecule has 4 atom stereocenters. The van der Waals surface area contributed by atoms with Gasteiger partial charge in [-0.3, -0.25) is 9.59 Å². The summed E-state index contributed by atoms with van der Waals surface area (Å²) in [5.74, 6) is 0.831. The van der Waals surface area contributed by atoms with Crippen molar-refractivity contribution in [3.05, 3.63) is 11.6 Å². The van der Waals surface area contributed by atoms with Crippen LogP contribution in [0.1, 0.15) is 19.3 Å². The zero-order valence-electron chi connectivity index (χ0n) is 9.20. The quantitative estimate of drug-likeness (QED) is 0.710. The van der Waals surface area contributed by atoms with Gasteiger partial charge in [-0.2, -0.15) is 0 Å². The third-order valence-electron chi connectivity index (χ3n) is 4.54. The molecule has 0 spiro atoms. The predicted octanol–water partition coefficient (Wildman–Crippen LogP) is 1.68. The maximum Gasteiger partial charge on any atom is 0.239 e. The lowest BCUT2D eigenvalue weighted by atomic mass is 9.81. The summed E-state index contributed by atoms with van der Waals surface area (Å²) in [4.78, 5) is 30.2. The van der Waals surface area contributed by atoms with E-state index in [1.54, 1.807) is 11.6 Å². The number of rotatable bonds is 1. The van der Waals surface area contributed by atoms with Gasteiger partial charge in [0.25, 0.3) is 0 Å². The Kier molecular flexibility index (Phi) is 1.82. The monoisotopic (exact) mass is 248 g/mol. The molecule has 3 aliphatic rings. The minimum absolute atomic E-state index is 0.00199. The van der Waals surface area contributed by atoms with Crippen molar-refractivity contribution < 1.29 is 9.59 Å². The first-order chi connectivity index (χ1) is 8.27. The van der Waals surface area contributed by atoms with Gasteiger partial charge in [-0.05, 0) is 31.1 Å². The number of amides is 2. The van der Waals surface area contributed by atoms with Crippen LogP contribution in [-0.4, -0.2) is 16.8 Å². The number of fused-ring (bicyclic) bond motifs is 5. The van der Waals surface area contributed by atoms with Crippen LogP contribution in [0.15, 0.2) is 11.6 Å². The first-order valence-corrected chi connectivity index (χ1v) is 6.92. The zero-order valence-corrected chi connectivity index (χ0v) is 10.0. The second-order valence-electron chi connectivity index (χ2n) is 5.21. The van der Waals surface area contributed by atoms with Crippen LogP contribution in [0.3, 0.4) is 0 Å². The molecule has 1 aliphatic heterocycles. The molecular weight excluding hydrogens is 236 g/mol. The Bertz CT molecular complexity index is 471. The van der Waals surface area contributed by atoms with Crippen molar-refractivity contribution in [1.29, 1.82) is 0 Å². The molecule has 4 rings (SSSR count). The van der Waals surface area contributed by atoms with Gasteiger partial charge in [0.2, 0.25) is 11.8 Å². The number of imide groups is 1. The van der Waals surface area contributed by atoms with E-state index in [2.05, 4.69) is 4.98 Å². The van der Waals surface area contributed by atoms with Gasteiger partial charge in [-0.1, -0.05) is 0 Å². The first-order valence-electron chi connectivity index (χ1n) is 6.04. The van der Waals surface area contributed by atoms with Crippen LogP contribution in [0, 0.1) is 23.7 Å². The molecule has 3 fully saturated rings. The standard InChI is InChI=1S/C12H12N2O2S/c15-10-8-6-1-2-7(5-6)9(8)11(16)14(10)12-13-3-4-17-12/h3-4,6-9H,1-2,5H2/t6-,7-,8-,9+/m0/s1. The number of nitrogens with zero attached hydrogens (tertiary/aromatic N) is 2. The van der Waals surface area contributed by atoms with E-state index in [0.29, 0.717) is 17.0 Å². The van der Waals surface area contributed by atoms with Gasteiger partial charge in [0, 0.05) is 11.6 Å². The summed E-state index contributed by atoms with van der Waals surface area (Å²) in [6, 6.07) is 0. The first kappa shape index (κ1) is 9.76. The smallest absolute Gasteiger partial charge is 0.239 e. The highest BCUT2D eigenvalue weighted by Gasteiger charge is 2.61. The van der Waals surface area contributed by atoms with Crippen LogP contribution in [0.5, 0.6) is 0 Å². The number of anilines is 1. The lowest BCUT2D eigenvalue weighted by molar-refractivity contribution is -0.123. The van der Waals surface area contributed by atoms with Crippen molar-refractivity contribution >= 4 is 28.3 Å². The normalized spacial score (nSPS) is 39.2. The van der Waals surface area contributed by atoms with Crippen LogP contribution in [-0.2, 0) is 9.59 Å². The molecule has 1 saturated heterocycles. The van der Waals surface area contributed by atoms with E-state index in [1.165, 1.54) is 16.2 Å². The lowest BCUT2D eigenvalue weighted by Gasteiger charge is -2.19. The number of aromatic nitrogens is 1. The molecule has 2 heterocycles. The van der Waals surface area contributed by atoms with E-state index < -0.39 is 0 Å². The van der Waals surface area contributed by atoms with Crippen molar-refractivity contribution in [2.75, 3.05) is 4.90 Å². The molecule has 1 aromatic rings. The zero-order chi connectivity index (χ0) is 11.6. The number of hydrogen-bond acceptors (Lipinski definition) is 4. The molecule has 4 nitrogen and oxygen atoms in total. The molecule has 2 aliphatic carbocycles. The van der Waals surface area contributed by atoms with Gasteiger partial charge >= 0.3 is 0 Å². The number of hydrogen-bond donors (Lipinski definition) is 0. The van der Waals surface area contributed by atoms with E-state index in [-0.39, 0.29) is 23.7 Å². The molecule has 88 valence electrons. The Morgan fingerprint density at radius 1 is 1.18 bits per heavy atom. The highest BCUT2D eigenvalue weighted by atomic mass is 32.1. The van der Waals surface area contributed by atoms with Gasteiger partial charge in [-0.15, -0.1) is 11.3 Å². The van der Waals surface area contributed by atoms with Crippen molar-refractivity contribution in [1.82, 2.24) is 4.98 Å². The summed E-state index contributed by atoms with van der Waals surface area (Å²) < 4.78 is 0. The van der Waals surface area contributed by atoms with E-state index >= 15 is 0 Å². The highest BCUT2D eigenvalue weighted by molar-refractivity contribution is 7.14. The number of carbonyl (C=O) groups is 2. The summed E-state index contributed by atoms with van der Waals surface area (Å²) in [5.41, 5.74) is 0. The molecule has 0 N–H and O–H groups in total. The van der Waals surface area contributed by atoms with E-state index in [0.717, 1.165) is 19.3 Å². The van der Waals surface area contributed by atoms with Crippen molar-refractivity contribution in [2.24, 2.45) is 23.7 Å². The maximum atomic E-state index is 12.4. The summed E-state index contributed by atoms with van der Waals surface area (Å²) in [7, 11) is 0. The summed E-state index contributed by atoms with van der Waals surface area (Å²) in [6.07, 6.45) is 4.97. The van der Waals surface area contributed by atoms with Crippen LogP contribution in [0.4, 0.5) is 5.13 Å². The van der Waals surface area contributed by atoms with Crippen LogP contribution in [0.25, 0.3) is 0 Å². The molecule has 0 aromatic carbocycles. The Balaban J connectivity index is 1.77. The Morgan fingerprint density at radius 3 is 2.35 bits per heavy atom. The fraction of sp³-hybridized carbons (Fsp3) is 0.583. The van der Waals surface area contributed by atoms with Crippen LogP contribution < -0.4 is 4.90 Å². The highest BCUT2D eigenvalue weighted by Crippen LogP contribution is 2.56. The van der Waals surface area contributed by atoms with E-state index in [1.807, 2.05) is 0 Å². The number of carbonyl (C=O) groups excluding carboxylic acids is 2. The second-order valence-corrected chi connectivity index (χ2v) is 6.08. The van der Waals surface area contributed by atoms with Crippen LogP contribution >= 0.6 is 11.3 Å². The lowest BCUT2D eigenvalue weighted by Crippen LogP contribution is -2.32. The molecule has 1 aromatic heterocycles. The third kappa shape index (κ3) is 1.10. The minimum atomic E-state index is -0.0369. The maximum absolute atomic E-state index is 12.4. The van der Waals surface area contributed by atoms with Crippen molar-refractivity contribution in [3.63, 3.8) is 0 Å². The molecule has 0 radical (unpaired) electrons. The number of thiazole rings is 1. The summed E-state index contributed by atoms with van der Waals surface area (Å²) in [5, 5.41) is 2.35. The predicted molar refractivity (Wildman–Crippen MR) is 62.4 cm³/mol. The molecule has 0 unspecified atom stereocenters. The van der Waals surface area contributed by atoms with Crippen LogP contribution in [0.2, 0.25) is 0 Å².